The van der Waals surface area contributed by atoms with Gasteiger partial charge in [-0.3, -0.25) is 4.90 Å². The summed E-state index contributed by atoms with van der Waals surface area (Å²) in [5, 5.41) is 5.36. The fourth-order valence-electron chi connectivity index (χ4n) is 2.90. The molecular weight excluding hydrogens is 303 g/mol. The molecule has 1 saturated heterocycles. The van der Waals surface area contributed by atoms with Crippen molar-refractivity contribution >= 4 is 34.8 Å². The Kier molecular flexibility index (Phi) is 4.25. The van der Waals surface area contributed by atoms with Crippen LogP contribution in [-0.2, 0) is 0 Å². The van der Waals surface area contributed by atoms with Gasteiger partial charge >= 0.3 is 0 Å². The zero-order valence-corrected chi connectivity index (χ0v) is 12.9. The zero-order chi connectivity index (χ0) is 13.4. The summed E-state index contributed by atoms with van der Waals surface area (Å²) in [5.74, 6) is 0.673. The molecule has 104 valence electrons. The molecule has 1 saturated carbocycles. The molecule has 0 aromatic heterocycles. The Morgan fingerprint density at radius 1 is 1.05 bits per heavy atom. The molecule has 0 unspecified atom stereocenters. The fraction of sp³-hybridized carbons (Fsp3) is 0.571. The average molecular weight is 320 g/mol. The van der Waals surface area contributed by atoms with Crippen molar-refractivity contribution in [3.05, 3.63) is 32.8 Å². The molecular formula is C14H17Cl3N2. The summed E-state index contributed by atoms with van der Waals surface area (Å²) in [6, 6.07) is 3.96. The van der Waals surface area contributed by atoms with Crippen LogP contribution < -0.4 is 5.32 Å². The van der Waals surface area contributed by atoms with Crippen LogP contribution in [0.15, 0.2) is 12.1 Å². The van der Waals surface area contributed by atoms with Gasteiger partial charge in [0.15, 0.2) is 0 Å². The molecule has 19 heavy (non-hydrogen) atoms. The van der Waals surface area contributed by atoms with Crippen LogP contribution in [0.2, 0.25) is 15.1 Å². The number of nitrogens with one attached hydrogen (secondary N) is 1. The Labute approximate surface area is 129 Å². The highest BCUT2D eigenvalue weighted by Crippen LogP contribution is 2.49. The third-order valence-electron chi connectivity index (χ3n) is 3.99. The standard InChI is InChI=1S/C14H17Cl3N2/c15-10-3-4-11(16)13(17)12(10)14(9-1-2-9)19-7-5-18-6-8-19/h3-4,9,14,18H,1-2,5-8H2/t14-/m0/s1. The van der Waals surface area contributed by atoms with E-state index >= 15 is 0 Å². The second-order valence-electron chi connectivity index (χ2n) is 5.33. The summed E-state index contributed by atoms with van der Waals surface area (Å²) in [7, 11) is 0. The van der Waals surface area contributed by atoms with E-state index in [-0.39, 0.29) is 0 Å². The summed E-state index contributed by atoms with van der Waals surface area (Å²) < 4.78 is 0. The van der Waals surface area contributed by atoms with E-state index in [0.717, 1.165) is 36.8 Å². The van der Waals surface area contributed by atoms with Crippen LogP contribution in [0.1, 0.15) is 24.4 Å². The van der Waals surface area contributed by atoms with E-state index in [4.69, 9.17) is 34.8 Å². The van der Waals surface area contributed by atoms with Crippen molar-refractivity contribution in [1.82, 2.24) is 10.2 Å². The zero-order valence-electron chi connectivity index (χ0n) is 10.6. The minimum Gasteiger partial charge on any atom is -0.314 e. The molecule has 1 N–H and O–H groups in total. The summed E-state index contributed by atoms with van der Waals surface area (Å²) in [6.45, 7) is 4.14. The summed E-state index contributed by atoms with van der Waals surface area (Å²) in [5.41, 5.74) is 1.03. The molecule has 5 heteroatoms. The molecule has 2 aliphatic rings. The van der Waals surface area contributed by atoms with Crippen LogP contribution in [0.25, 0.3) is 0 Å². The van der Waals surface area contributed by atoms with Crippen LogP contribution in [-0.4, -0.2) is 31.1 Å². The molecule has 1 aromatic carbocycles. The number of halogens is 3. The summed E-state index contributed by atoms with van der Waals surface area (Å²) in [4.78, 5) is 2.50. The molecule has 0 amide bonds. The van der Waals surface area contributed by atoms with Gasteiger partial charge in [-0.1, -0.05) is 34.8 Å². The summed E-state index contributed by atoms with van der Waals surface area (Å²) >= 11 is 19.0. The molecule has 0 spiro atoms. The van der Waals surface area contributed by atoms with Crippen molar-refractivity contribution in [2.75, 3.05) is 26.2 Å². The van der Waals surface area contributed by atoms with Crippen LogP contribution in [0, 0.1) is 5.92 Å². The van der Waals surface area contributed by atoms with Gasteiger partial charge in [-0.05, 0) is 30.9 Å². The van der Waals surface area contributed by atoms with Crippen LogP contribution in [0.5, 0.6) is 0 Å². The van der Waals surface area contributed by atoms with E-state index in [1.807, 2.05) is 6.07 Å². The Bertz CT molecular complexity index is 468. The molecule has 1 heterocycles. The SMILES string of the molecule is Clc1ccc(Cl)c([C@H](C2CC2)N2CCNCC2)c1Cl. The molecule has 1 aromatic rings. The molecule has 0 bridgehead atoms. The lowest BCUT2D eigenvalue weighted by Gasteiger charge is -2.36. The first-order valence-corrected chi connectivity index (χ1v) is 7.90. The van der Waals surface area contributed by atoms with Crippen molar-refractivity contribution in [3.63, 3.8) is 0 Å². The van der Waals surface area contributed by atoms with Gasteiger partial charge in [-0.25, -0.2) is 0 Å². The van der Waals surface area contributed by atoms with Crippen LogP contribution in [0.4, 0.5) is 0 Å². The lowest BCUT2D eigenvalue weighted by Crippen LogP contribution is -2.45. The molecule has 0 radical (unpaired) electrons. The monoisotopic (exact) mass is 318 g/mol. The predicted octanol–water partition coefficient (Wildman–Crippen LogP) is 4.00. The number of hydrogen-bond acceptors (Lipinski definition) is 2. The number of piperazine rings is 1. The second kappa shape index (κ2) is 5.79. The van der Waals surface area contributed by atoms with Crippen molar-refractivity contribution in [2.24, 2.45) is 5.92 Å². The van der Waals surface area contributed by atoms with Gasteiger partial charge in [0.1, 0.15) is 0 Å². The maximum absolute atomic E-state index is 6.43. The minimum atomic E-state index is 0.320. The van der Waals surface area contributed by atoms with E-state index < -0.39 is 0 Å². The Hall–Kier alpha value is 0.01000. The van der Waals surface area contributed by atoms with Gasteiger partial charge in [0.05, 0.1) is 10.0 Å². The van der Waals surface area contributed by atoms with E-state index in [1.54, 1.807) is 6.07 Å². The quantitative estimate of drug-likeness (QED) is 0.847. The molecule has 1 aliphatic carbocycles. The average Bonchev–Trinajstić information content (AvgIpc) is 3.24. The lowest BCUT2D eigenvalue weighted by molar-refractivity contribution is 0.156. The van der Waals surface area contributed by atoms with Crippen molar-refractivity contribution < 1.29 is 0 Å². The summed E-state index contributed by atoms with van der Waals surface area (Å²) in [6.07, 6.45) is 2.52. The fourth-order valence-corrected chi connectivity index (χ4v) is 3.66. The van der Waals surface area contributed by atoms with E-state index in [0.29, 0.717) is 22.0 Å². The number of benzene rings is 1. The molecule has 1 atom stereocenters. The van der Waals surface area contributed by atoms with E-state index in [9.17, 15) is 0 Å². The number of nitrogens with zero attached hydrogens (tertiary/aromatic N) is 1. The van der Waals surface area contributed by atoms with Gasteiger partial charge < -0.3 is 5.32 Å². The maximum atomic E-state index is 6.43. The third-order valence-corrected chi connectivity index (χ3v) is 5.14. The van der Waals surface area contributed by atoms with Crippen LogP contribution in [0.3, 0.4) is 0 Å². The van der Waals surface area contributed by atoms with Gasteiger partial charge in [0.25, 0.3) is 0 Å². The van der Waals surface area contributed by atoms with Crippen LogP contribution >= 0.6 is 34.8 Å². The molecule has 2 nitrogen and oxygen atoms in total. The molecule has 1 aliphatic heterocycles. The van der Waals surface area contributed by atoms with Crippen molar-refractivity contribution in [1.29, 1.82) is 0 Å². The molecule has 2 fully saturated rings. The Morgan fingerprint density at radius 2 is 1.68 bits per heavy atom. The Balaban J connectivity index is 1.97. The van der Waals surface area contributed by atoms with Crippen molar-refractivity contribution in [2.45, 2.75) is 18.9 Å². The highest BCUT2D eigenvalue weighted by molar-refractivity contribution is 6.44. The maximum Gasteiger partial charge on any atom is 0.0655 e. The Morgan fingerprint density at radius 3 is 2.32 bits per heavy atom. The highest BCUT2D eigenvalue weighted by atomic mass is 35.5. The number of rotatable bonds is 3. The molecule has 3 rings (SSSR count). The predicted molar refractivity (Wildman–Crippen MR) is 81.4 cm³/mol. The number of hydrogen-bond donors (Lipinski definition) is 1. The smallest absolute Gasteiger partial charge is 0.0655 e. The largest absolute Gasteiger partial charge is 0.314 e. The highest BCUT2D eigenvalue weighted by Gasteiger charge is 2.39. The first kappa shape index (κ1) is 14.0. The normalized spacial score (nSPS) is 22.5. The third kappa shape index (κ3) is 2.88. The topological polar surface area (TPSA) is 15.3 Å². The first-order valence-electron chi connectivity index (χ1n) is 6.76. The first-order chi connectivity index (χ1) is 9.18. The van der Waals surface area contributed by atoms with Crippen molar-refractivity contribution in [3.8, 4) is 0 Å². The lowest BCUT2D eigenvalue weighted by atomic mass is 9.99. The van der Waals surface area contributed by atoms with E-state index in [2.05, 4.69) is 10.2 Å². The second-order valence-corrected chi connectivity index (χ2v) is 6.52. The minimum absolute atomic E-state index is 0.320. The van der Waals surface area contributed by atoms with Gasteiger partial charge in [0.2, 0.25) is 0 Å². The van der Waals surface area contributed by atoms with E-state index in [1.165, 1.54) is 12.8 Å². The van der Waals surface area contributed by atoms with Gasteiger partial charge in [0, 0.05) is 42.8 Å². The van der Waals surface area contributed by atoms with Gasteiger partial charge in [-0.15, -0.1) is 0 Å². The van der Waals surface area contributed by atoms with Gasteiger partial charge in [-0.2, -0.15) is 0 Å².